The van der Waals surface area contributed by atoms with Gasteiger partial charge in [0.25, 0.3) is 0 Å². The topological polar surface area (TPSA) is 20.2 Å². The summed E-state index contributed by atoms with van der Waals surface area (Å²) in [4.78, 5) is 0. The lowest BCUT2D eigenvalue weighted by Gasteiger charge is -2.27. The van der Waals surface area contributed by atoms with Gasteiger partial charge in [0.1, 0.15) is 0 Å². The van der Waals surface area contributed by atoms with Crippen LogP contribution in [0.15, 0.2) is 18.2 Å². The van der Waals surface area contributed by atoms with Crippen LogP contribution in [0.25, 0.3) is 0 Å². The second-order valence-electron chi connectivity index (χ2n) is 4.66. The van der Waals surface area contributed by atoms with Crippen LogP contribution in [0, 0.1) is 5.92 Å². The fourth-order valence-corrected chi connectivity index (χ4v) is 2.50. The molecular weight excluding hydrogens is 243 g/mol. The van der Waals surface area contributed by atoms with Crippen LogP contribution in [0.2, 0.25) is 10.0 Å². The second kappa shape index (κ2) is 4.56. The first-order valence-electron chi connectivity index (χ1n) is 5.71. The highest BCUT2D eigenvalue weighted by molar-refractivity contribution is 6.42. The smallest absolute Gasteiger partial charge is 0.0713 e. The molecule has 0 saturated heterocycles. The predicted molar refractivity (Wildman–Crippen MR) is 68.1 cm³/mol. The molecule has 1 saturated carbocycles. The molecule has 88 valence electrons. The van der Waals surface area contributed by atoms with Crippen LogP contribution in [-0.4, -0.2) is 10.7 Å². The van der Waals surface area contributed by atoms with Crippen molar-refractivity contribution in [3.63, 3.8) is 0 Å². The molecule has 1 atom stereocenters. The third-order valence-electron chi connectivity index (χ3n) is 3.44. The molecule has 1 aliphatic carbocycles. The Bertz CT molecular complexity index is 388. The fraction of sp³-hybridized carbons (Fsp3) is 0.538. The molecule has 3 heteroatoms. The van der Waals surface area contributed by atoms with Gasteiger partial charge in [-0.05, 0) is 42.9 Å². The van der Waals surface area contributed by atoms with E-state index in [4.69, 9.17) is 23.2 Å². The number of benzene rings is 1. The Morgan fingerprint density at radius 3 is 2.50 bits per heavy atom. The molecule has 1 aliphatic rings. The molecule has 0 spiro atoms. The Hall–Kier alpha value is -0.240. The van der Waals surface area contributed by atoms with Crippen molar-refractivity contribution < 1.29 is 5.11 Å². The van der Waals surface area contributed by atoms with Crippen LogP contribution >= 0.6 is 23.2 Å². The highest BCUT2D eigenvalue weighted by Gasteiger charge is 2.42. The zero-order valence-corrected chi connectivity index (χ0v) is 10.9. The minimum Gasteiger partial charge on any atom is -0.389 e. The van der Waals surface area contributed by atoms with E-state index in [-0.39, 0.29) is 0 Å². The largest absolute Gasteiger partial charge is 0.389 e. The maximum absolute atomic E-state index is 10.5. The molecule has 0 aliphatic heterocycles. The van der Waals surface area contributed by atoms with Crippen molar-refractivity contribution in [3.05, 3.63) is 33.8 Å². The van der Waals surface area contributed by atoms with Crippen molar-refractivity contribution in [1.29, 1.82) is 0 Å². The van der Waals surface area contributed by atoms with Gasteiger partial charge in [0.05, 0.1) is 15.6 Å². The molecule has 1 aromatic carbocycles. The van der Waals surface area contributed by atoms with E-state index in [0.717, 1.165) is 24.8 Å². The van der Waals surface area contributed by atoms with Gasteiger partial charge in [0, 0.05) is 6.42 Å². The summed E-state index contributed by atoms with van der Waals surface area (Å²) >= 11 is 11.8. The van der Waals surface area contributed by atoms with E-state index >= 15 is 0 Å². The maximum Gasteiger partial charge on any atom is 0.0713 e. The molecule has 1 unspecified atom stereocenters. The summed E-state index contributed by atoms with van der Waals surface area (Å²) in [6, 6.07) is 5.59. The first-order valence-corrected chi connectivity index (χ1v) is 6.47. The molecule has 1 N–H and O–H groups in total. The van der Waals surface area contributed by atoms with Gasteiger partial charge in [-0.1, -0.05) is 36.2 Å². The van der Waals surface area contributed by atoms with Crippen LogP contribution in [0.4, 0.5) is 0 Å². The summed E-state index contributed by atoms with van der Waals surface area (Å²) in [5.74, 6) is 0.465. The minimum absolute atomic E-state index is 0.465. The number of rotatable bonds is 4. The van der Waals surface area contributed by atoms with Gasteiger partial charge in [-0.15, -0.1) is 0 Å². The van der Waals surface area contributed by atoms with E-state index in [1.54, 1.807) is 6.07 Å². The molecule has 2 rings (SSSR count). The summed E-state index contributed by atoms with van der Waals surface area (Å²) in [5, 5.41) is 11.6. The molecule has 1 nitrogen and oxygen atoms in total. The lowest BCUT2D eigenvalue weighted by atomic mass is 9.87. The molecule has 16 heavy (non-hydrogen) atoms. The van der Waals surface area contributed by atoms with Crippen molar-refractivity contribution in [2.75, 3.05) is 0 Å². The normalized spacial score (nSPS) is 19.5. The zero-order valence-electron chi connectivity index (χ0n) is 9.34. The number of halogens is 2. The van der Waals surface area contributed by atoms with Crippen molar-refractivity contribution >= 4 is 23.2 Å². The van der Waals surface area contributed by atoms with E-state index in [0.29, 0.717) is 22.4 Å². The SMILES string of the molecule is CCC(O)(Cc1ccc(Cl)c(Cl)c1)C1CC1. The Balaban J connectivity index is 2.15. The Morgan fingerprint density at radius 2 is 2.00 bits per heavy atom. The predicted octanol–water partition coefficient (Wildman–Crippen LogP) is 4.09. The van der Waals surface area contributed by atoms with Crippen molar-refractivity contribution in [2.45, 2.75) is 38.2 Å². The maximum atomic E-state index is 10.5. The van der Waals surface area contributed by atoms with E-state index in [1.807, 2.05) is 19.1 Å². The molecule has 0 heterocycles. The molecule has 0 amide bonds. The molecule has 1 aromatic rings. The molecule has 1 fully saturated rings. The fourth-order valence-electron chi connectivity index (χ4n) is 2.18. The third-order valence-corrected chi connectivity index (χ3v) is 4.18. The molecule has 0 aromatic heterocycles. The monoisotopic (exact) mass is 258 g/mol. The lowest BCUT2D eigenvalue weighted by Crippen LogP contribution is -2.33. The second-order valence-corrected chi connectivity index (χ2v) is 5.47. The van der Waals surface area contributed by atoms with E-state index in [9.17, 15) is 5.11 Å². The van der Waals surface area contributed by atoms with Crippen LogP contribution in [0.5, 0.6) is 0 Å². The molecule has 0 bridgehead atoms. The average Bonchev–Trinajstić information content (AvgIpc) is 3.07. The number of hydrogen-bond donors (Lipinski definition) is 1. The summed E-state index contributed by atoms with van der Waals surface area (Å²) in [7, 11) is 0. The Labute approximate surface area is 106 Å². The van der Waals surface area contributed by atoms with Gasteiger partial charge in [-0.3, -0.25) is 0 Å². The van der Waals surface area contributed by atoms with Crippen LogP contribution in [-0.2, 0) is 6.42 Å². The quantitative estimate of drug-likeness (QED) is 0.863. The van der Waals surface area contributed by atoms with Crippen molar-refractivity contribution in [3.8, 4) is 0 Å². The van der Waals surface area contributed by atoms with E-state index in [1.165, 1.54) is 0 Å². The van der Waals surface area contributed by atoms with Crippen molar-refractivity contribution in [1.82, 2.24) is 0 Å². The van der Waals surface area contributed by atoms with Crippen LogP contribution in [0.1, 0.15) is 31.7 Å². The van der Waals surface area contributed by atoms with Gasteiger partial charge in [0.15, 0.2) is 0 Å². The van der Waals surface area contributed by atoms with Gasteiger partial charge in [-0.25, -0.2) is 0 Å². The highest BCUT2D eigenvalue weighted by Crippen LogP contribution is 2.43. The highest BCUT2D eigenvalue weighted by atomic mass is 35.5. The Morgan fingerprint density at radius 1 is 1.31 bits per heavy atom. The summed E-state index contributed by atoms with van der Waals surface area (Å²) in [6.45, 7) is 2.04. The Kier molecular flexibility index (Phi) is 3.48. The van der Waals surface area contributed by atoms with Gasteiger partial charge in [0.2, 0.25) is 0 Å². The molecular formula is C13H16Cl2O. The van der Waals surface area contributed by atoms with Crippen LogP contribution in [0.3, 0.4) is 0 Å². The van der Waals surface area contributed by atoms with Gasteiger partial charge >= 0.3 is 0 Å². The first kappa shape index (κ1) is 12.2. The number of hydrogen-bond acceptors (Lipinski definition) is 1. The average molecular weight is 259 g/mol. The van der Waals surface area contributed by atoms with Gasteiger partial charge < -0.3 is 5.11 Å². The molecule has 0 radical (unpaired) electrons. The van der Waals surface area contributed by atoms with E-state index in [2.05, 4.69) is 0 Å². The van der Waals surface area contributed by atoms with E-state index < -0.39 is 5.60 Å². The van der Waals surface area contributed by atoms with Crippen LogP contribution < -0.4 is 0 Å². The lowest BCUT2D eigenvalue weighted by molar-refractivity contribution is 0.0139. The van der Waals surface area contributed by atoms with Crippen molar-refractivity contribution in [2.24, 2.45) is 5.92 Å². The van der Waals surface area contributed by atoms with Gasteiger partial charge in [-0.2, -0.15) is 0 Å². The zero-order chi connectivity index (χ0) is 11.8. The third kappa shape index (κ3) is 2.53. The number of aliphatic hydroxyl groups is 1. The summed E-state index contributed by atoms with van der Waals surface area (Å²) in [5.41, 5.74) is 0.502. The first-order chi connectivity index (χ1) is 7.55. The summed E-state index contributed by atoms with van der Waals surface area (Å²) < 4.78 is 0. The standard InChI is InChI=1S/C13H16Cl2O/c1-2-13(16,10-4-5-10)8-9-3-6-11(14)12(15)7-9/h3,6-7,10,16H,2,4-5,8H2,1H3. The summed E-state index contributed by atoms with van der Waals surface area (Å²) in [6.07, 6.45) is 3.75. The minimum atomic E-state index is -0.558.